The van der Waals surface area contributed by atoms with E-state index >= 15 is 0 Å². The lowest BCUT2D eigenvalue weighted by molar-refractivity contribution is 0.122. The molecule has 4 rings (SSSR count). The molecule has 0 N–H and O–H groups in total. The number of aryl methyl sites for hydroxylation is 2. The van der Waals surface area contributed by atoms with Crippen molar-refractivity contribution in [2.24, 2.45) is 7.05 Å². The van der Waals surface area contributed by atoms with Gasteiger partial charge in [0, 0.05) is 44.8 Å². The van der Waals surface area contributed by atoms with Crippen LogP contribution in [0.2, 0.25) is 0 Å². The number of hydrogen-bond donors (Lipinski definition) is 0. The van der Waals surface area contributed by atoms with Gasteiger partial charge in [-0.05, 0) is 37.3 Å². The van der Waals surface area contributed by atoms with Gasteiger partial charge in [-0.3, -0.25) is 14.6 Å². The van der Waals surface area contributed by atoms with Crippen LogP contribution >= 0.6 is 0 Å². The highest BCUT2D eigenvalue weighted by Crippen LogP contribution is 2.19. The number of fused-ring (bicyclic) bond motifs is 1. The van der Waals surface area contributed by atoms with Crippen molar-refractivity contribution in [3.05, 3.63) is 66.0 Å². The highest BCUT2D eigenvalue weighted by molar-refractivity contribution is 5.17. The zero-order valence-electron chi connectivity index (χ0n) is 14.7. The third-order valence-electron chi connectivity index (χ3n) is 4.59. The summed E-state index contributed by atoms with van der Waals surface area (Å²) in [7, 11) is 2.01. The second-order valence-electron chi connectivity index (χ2n) is 6.65. The van der Waals surface area contributed by atoms with E-state index in [-0.39, 0.29) is 6.10 Å². The average Bonchev–Trinajstić information content (AvgIpc) is 3.10. The summed E-state index contributed by atoms with van der Waals surface area (Å²) in [6.07, 6.45) is 5.75. The molecule has 3 aromatic rings. The maximum absolute atomic E-state index is 6.22. The molecule has 25 heavy (non-hydrogen) atoms. The zero-order chi connectivity index (χ0) is 17.2. The monoisotopic (exact) mass is 337 g/mol. The summed E-state index contributed by atoms with van der Waals surface area (Å²) in [4.78, 5) is 6.58. The van der Waals surface area contributed by atoms with Crippen LogP contribution in [-0.4, -0.2) is 36.9 Å². The molecule has 0 amide bonds. The van der Waals surface area contributed by atoms with Crippen LogP contribution in [0.25, 0.3) is 0 Å². The summed E-state index contributed by atoms with van der Waals surface area (Å²) in [5, 5.41) is 4.47. The van der Waals surface area contributed by atoms with Crippen LogP contribution < -0.4 is 4.74 Å². The molecule has 0 fully saturated rings. The van der Waals surface area contributed by atoms with Crippen molar-refractivity contribution in [3.63, 3.8) is 0 Å². The van der Waals surface area contributed by atoms with Crippen molar-refractivity contribution < 1.29 is 4.74 Å². The molecule has 1 aliphatic rings. The molecule has 1 atom stereocenters. The van der Waals surface area contributed by atoms with E-state index in [4.69, 9.17) is 4.74 Å². The molecule has 0 radical (unpaired) electrons. The van der Waals surface area contributed by atoms with E-state index in [1.807, 2.05) is 30.8 Å². The molecular weight excluding hydrogens is 314 g/mol. The van der Waals surface area contributed by atoms with Crippen LogP contribution in [-0.2, 0) is 26.7 Å². The van der Waals surface area contributed by atoms with Crippen LogP contribution in [0.3, 0.4) is 0 Å². The fourth-order valence-corrected chi connectivity index (χ4v) is 3.48. The molecule has 1 aliphatic heterocycles. The predicted molar refractivity (Wildman–Crippen MR) is 95.1 cm³/mol. The summed E-state index contributed by atoms with van der Waals surface area (Å²) in [6.45, 7) is 5.50. The van der Waals surface area contributed by atoms with E-state index in [1.165, 1.54) is 11.4 Å². The van der Waals surface area contributed by atoms with Gasteiger partial charge in [0.05, 0.1) is 24.1 Å². The van der Waals surface area contributed by atoms with E-state index in [0.717, 1.165) is 37.6 Å². The van der Waals surface area contributed by atoms with E-state index in [1.54, 1.807) is 12.4 Å². The van der Waals surface area contributed by atoms with Crippen LogP contribution in [0.5, 0.6) is 5.75 Å². The van der Waals surface area contributed by atoms with Gasteiger partial charge < -0.3 is 9.30 Å². The Labute approximate surface area is 147 Å². The molecule has 130 valence electrons. The van der Waals surface area contributed by atoms with Crippen LogP contribution in [0.15, 0.2) is 48.9 Å². The number of aromatic nitrogens is 4. The summed E-state index contributed by atoms with van der Waals surface area (Å²) >= 11 is 0. The van der Waals surface area contributed by atoms with Crippen molar-refractivity contribution in [1.82, 2.24) is 24.2 Å². The summed E-state index contributed by atoms with van der Waals surface area (Å²) in [6, 6.07) is 10.3. The smallest absolute Gasteiger partial charge is 0.138 e. The maximum Gasteiger partial charge on any atom is 0.138 e. The SMILES string of the molecule is Cc1cc(CN2Cc3cccn3C[C@H](Oc3cccnc3)C2)n(C)n1. The fraction of sp³-hybridized carbons (Fsp3) is 0.368. The number of rotatable bonds is 4. The molecule has 0 unspecified atom stereocenters. The lowest BCUT2D eigenvalue weighted by Gasteiger charge is -2.24. The summed E-state index contributed by atoms with van der Waals surface area (Å²) in [5.74, 6) is 0.819. The zero-order valence-corrected chi connectivity index (χ0v) is 14.7. The Morgan fingerprint density at radius 3 is 2.92 bits per heavy atom. The summed E-state index contributed by atoms with van der Waals surface area (Å²) in [5.41, 5.74) is 3.59. The normalized spacial score (nSPS) is 17.9. The van der Waals surface area contributed by atoms with Gasteiger partial charge in [0.2, 0.25) is 0 Å². The van der Waals surface area contributed by atoms with Crippen LogP contribution in [0.1, 0.15) is 17.1 Å². The van der Waals surface area contributed by atoms with Gasteiger partial charge in [-0.2, -0.15) is 5.10 Å². The third-order valence-corrected chi connectivity index (χ3v) is 4.59. The highest BCUT2D eigenvalue weighted by Gasteiger charge is 2.23. The highest BCUT2D eigenvalue weighted by atomic mass is 16.5. The Morgan fingerprint density at radius 2 is 2.16 bits per heavy atom. The van der Waals surface area contributed by atoms with Gasteiger partial charge in [0.25, 0.3) is 0 Å². The van der Waals surface area contributed by atoms with Gasteiger partial charge in [-0.15, -0.1) is 0 Å². The molecular formula is C19H23N5O. The lowest BCUT2D eigenvalue weighted by atomic mass is 10.2. The lowest BCUT2D eigenvalue weighted by Crippen LogP contribution is -2.35. The van der Waals surface area contributed by atoms with Crippen LogP contribution in [0.4, 0.5) is 0 Å². The average molecular weight is 337 g/mol. The van der Waals surface area contributed by atoms with Crippen molar-refractivity contribution in [2.75, 3.05) is 6.54 Å². The van der Waals surface area contributed by atoms with Crippen molar-refractivity contribution in [3.8, 4) is 5.75 Å². The van der Waals surface area contributed by atoms with Gasteiger partial charge >= 0.3 is 0 Å². The molecule has 4 heterocycles. The van der Waals surface area contributed by atoms with E-state index in [9.17, 15) is 0 Å². The number of hydrogen-bond acceptors (Lipinski definition) is 4. The second kappa shape index (κ2) is 6.72. The first kappa shape index (κ1) is 15.9. The van der Waals surface area contributed by atoms with E-state index < -0.39 is 0 Å². The van der Waals surface area contributed by atoms with Crippen LogP contribution in [0, 0.1) is 6.92 Å². The molecule has 0 aromatic carbocycles. The first-order chi connectivity index (χ1) is 12.2. The molecule has 3 aromatic heterocycles. The third kappa shape index (κ3) is 3.58. The van der Waals surface area contributed by atoms with Crippen molar-refractivity contribution in [1.29, 1.82) is 0 Å². The second-order valence-corrected chi connectivity index (χ2v) is 6.65. The molecule has 0 saturated carbocycles. The first-order valence-corrected chi connectivity index (χ1v) is 8.60. The number of ether oxygens (including phenoxy) is 1. The minimum absolute atomic E-state index is 0.0761. The molecule has 0 saturated heterocycles. The summed E-state index contributed by atoms with van der Waals surface area (Å²) < 4.78 is 10.5. The number of nitrogens with zero attached hydrogens (tertiary/aromatic N) is 5. The molecule has 0 spiro atoms. The minimum atomic E-state index is 0.0761. The van der Waals surface area contributed by atoms with Gasteiger partial charge in [0.1, 0.15) is 11.9 Å². The Hall–Kier alpha value is -2.60. The quantitative estimate of drug-likeness (QED) is 0.733. The topological polar surface area (TPSA) is 48.1 Å². The fourth-order valence-electron chi connectivity index (χ4n) is 3.48. The largest absolute Gasteiger partial charge is 0.486 e. The number of pyridine rings is 1. The van der Waals surface area contributed by atoms with Gasteiger partial charge in [-0.1, -0.05) is 0 Å². The minimum Gasteiger partial charge on any atom is -0.486 e. The Balaban J connectivity index is 1.55. The predicted octanol–water partition coefficient (Wildman–Crippen LogP) is 2.39. The molecule has 6 heteroatoms. The van der Waals surface area contributed by atoms with Gasteiger partial charge in [-0.25, -0.2) is 0 Å². The van der Waals surface area contributed by atoms with Gasteiger partial charge in [0.15, 0.2) is 0 Å². The Morgan fingerprint density at radius 1 is 1.24 bits per heavy atom. The Kier molecular flexibility index (Phi) is 4.28. The molecule has 0 aliphatic carbocycles. The molecule has 6 nitrogen and oxygen atoms in total. The van der Waals surface area contributed by atoms with E-state index in [2.05, 4.69) is 43.9 Å². The Bertz CT molecular complexity index is 839. The molecule has 0 bridgehead atoms. The van der Waals surface area contributed by atoms with Crippen molar-refractivity contribution >= 4 is 0 Å². The standard InChI is InChI=1S/C19H23N5O/c1-15-9-17(22(2)21-15)12-23-11-16-5-4-8-24(16)14-19(13-23)25-18-6-3-7-20-10-18/h3-10,19H,11-14H2,1-2H3/t19-/m1/s1. The first-order valence-electron chi connectivity index (χ1n) is 8.60. The van der Waals surface area contributed by atoms with Crippen molar-refractivity contribution in [2.45, 2.75) is 32.7 Å². The van der Waals surface area contributed by atoms with E-state index in [0.29, 0.717) is 0 Å². The maximum atomic E-state index is 6.22.